The fourth-order valence-electron chi connectivity index (χ4n) is 1.77. The van der Waals surface area contributed by atoms with Gasteiger partial charge in [0.1, 0.15) is 0 Å². The predicted molar refractivity (Wildman–Crippen MR) is 86.7 cm³/mol. The Morgan fingerprint density at radius 2 is 1.80 bits per heavy atom. The molecule has 0 aliphatic carbocycles. The Bertz CT molecular complexity index is 614. The van der Waals surface area contributed by atoms with E-state index in [1.165, 1.54) is 0 Å². The van der Waals surface area contributed by atoms with Crippen LogP contribution in [-0.2, 0) is 0 Å². The number of hydrogen-bond donors (Lipinski definition) is 1. The number of rotatable bonds is 4. The molecule has 0 radical (unpaired) electrons. The first kappa shape index (κ1) is 14.6. The maximum absolute atomic E-state index is 12.2. The van der Waals surface area contributed by atoms with Gasteiger partial charge < -0.3 is 14.8 Å². The van der Waals surface area contributed by atoms with Crippen LogP contribution in [0.5, 0.6) is 11.5 Å². The molecule has 0 atom stereocenters. The quantitative estimate of drug-likeness (QED) is 0.822. The second kappa shape index (κ2) is 6.60. The van der Waals surface area contributed by atoms with Gasteiger partial charge in [0, 0.05) is 11.3 Å². The lowest BCUT2D eigenvalue weighted by Crippen LogP contribution is -2.12. The Labute approximate surface area is 131 Å². The van der Waals surface area contributed by atoms with E-state index in [1.54, 1.807) is 26.4 Å². The van der Waals surface area contributed by atoms with Crippen molar-refractivity contribution in [3.8, 4) is 11.5 Å². The van der Waals surface area contributed by atoms with Crippen LogP contribution in [0, 0.1) is 3.57 Å². The van der Waals surface area contributed by atoms with E-state index >= 15 is 0 Å². The molecule has 0 aromatic heterocycles. The van der Waals surface area contributed by atoms with Gasteiger partial charge in [0.15, 0.2) is 11.5 Å². The largest absolute Gasteiger partial charge is 0.493 e. The summed E-state index contributed by atoms with van der Waals surface area (Å²) in [5.41, 5.74) is 1.28. The molecule has 0 aliphatic rings. The molecule has 0 saturated heterocycles. The van der Waals surface area contributed by atoms with E-state index in [0.717, 1.165) is 9.26 Å². The molecule has 0 spiro atoms. The van der Waals surface area contributed by atoms with E-state index in [4.69, 9.17) is 9.47 Å². The zero-order valence-electron chi connectivity index (χ0n) is 11.1. The van der Waals surface area contributed by atoms with E-state index in [0.29, 0.717) is 17.1 Å². The molecule has 4 nitrogen and oxygen atoms in total. The van der Waals surface area contributed by atoms with Crippen LogP contribution in [0.25, 0.3) is 0 Å². The third-order valence-electron chi connectivity index (χ3n) is 2.73. The summed E-state index contributed by atoms with van der Waals surface area (Å²) in [5.74, 6) is 0.983. The second-order valence-electron chi connectivity index (χ2n) is 4.01. The topological polar surface area (TPSA) is 47.6 Å². The van der Waals surface area contributed by atoms with Crippen molar-refractivity contribution in [2.75, 3.05) is 19.5 Å². The summed E-state index contributed by atoms with van der Waals surface area (Å²) in [6, 6.07) is 12.7. The molecule has 0 unspecified atom stereocenters. The van der Waals surface area contributed by atoms with E-state index in [9.17, 15) is 4.79 Å². The standard InChI is InChI=1S/C15H14INO3/c1-19-13-9-10(8-12(16)14(13)20-2)15(18)17-11-6-4-3-5-7-11/h3-9H,1-2H3,(H,17,18). The van der Waals surface area contributed by atoms with Crippen molar-refractivity contribution in [2.24, 2.45) is 0 Å². The number of ether oxygens (including phenoxy) is 2. The number of para-hydroxylation sites is 1. The molecular formula is C15H14INO3. The number of benzene rings is 2. The first-order valence-corrected chi connectivity index (χ1v) is 7.01. The lowest BCUT2D eigenvalue weighted by atomic mass is 10.2. The lowest BCUT2D eigenvalue weighted by Gasteiger charge is -2.12. The minimum absolute atomic E-state index is 0.185. The number of amides is 1. The van der Waals surface area contributed by atoms with Crippen molar-refractivity contribution in [3.05, 3.63) is 51.6 Å². The van der Waals surface area contributed by atoms with E-state index < -0.39 is 0 Å². The van der Waals surface area contributed by atoms with Gasteiger partial charge in [0.25, 0.3) is 5.91 Å². The molecule has 1 N–H and O–H groups in total. The van der Waals surface area contributed by atoms with Crippen molar-refractivity contribution in [1.82, 2.24) is 0 Å². The van der Waals surface area contributed by atoms with Gasteiger partial charge in [-0.1, -0.05) is 18.2 Å². The van der Waals surface area contributed by atoms with Crippen LogP contribution in [0.3, 0.4) is 0 Å². The van der Waals surface area contributed by atoms with Crippen molar-refractivity contribution < 1.29 is 14.3 Å². The molecule has 0 fully saturated rings. The smallest absolute Gasteiger partial charge is 0.255 e. The van der Waals surface area contributed by atoms with Crippen LogP contribution in [0.2, 0.25) is 0 Å². The van der Waals surface area contributed by atoms with Crippen molar-refractivity contribution in [3.63, 3.8) is 0 Å². The number of carbonyl (C=O) groups excluding carboxylic acids is 1. The summed E-state index contributed by atoms with van der Waals surface area (Å²) < 4.78 is 11.3. The average molecular weight is 383 g/mol. The third-order valence-corrected chi connectivity index (χ3v) is 3.53. The predicted octanol–water partition coefficient (Wildman–Crippen LogP) is 3.56. The number of carbonyl (C=O) groups is 1. The number of hydrogen-bond acceptors (Lipinski definition) is 3. The Morgan fingerprint density at radius 1 is 1.10 bits per heavy atom. The molecule has 0 bridgehead atoms. The van der Waals surface area contributed by atoms with Crippen LogP contribution in [-0.4, -0.2) is 20.1 Å². The Morgan fingerprint density at radius 3 is 2.40 bits per heavy atom. The van der Waals surface area contributed by atoms with Crippen molar-refractivity contribution >= 4 is 34.2 Å². The van der Waals surface area contributed by atoms with E-state index in [2.05, 4.69) is 27.9 Å². The molecule has 2 rings (SSSR count). The first-order chi connectivity index (χ1) is 9.65. The fraction of sp³-hybridized carbons (Fsp3) is 0.133. The summed E-state index contributed by atoms with van der Waals surface area (Å²) in [7, 11) is 3.12. The Hall–Kier alpha value is -1.76. The highest BCUT2D eigenvalue weighted by Crippen LogP contribution is 2.33. The zero-order valence-corrected chi connectivity index (χ0v) is 13.3. The van der Waals surface area contributed by atoms with Crippen molar-refractivity contribution in [1.29, 1.82) is 0 Å². The molecule has 20 heavy (non-hydrogen) atoms. The van der Waals surface area contributed by atoms with Crippen molar-refractivity contribution in [2.45, 2.75) is 0 Å². The van der Waals surface area contributed by atoms with Gasteiger partial charge >= 0.3 is 0 Å². The van der Waals surface area contributed by atoms with Gasteiger partial charge in [0.05, 0.1) is 17.8 Å². The van der Waals surface area contributed by atoms with Gasteiger partial charge in [-0.05, 0) is 46.9 Å². The summed E-state index contributed by atoms with van der Waals surface area (Å²) in [4.78, 5) is 12.2. The summed E-state index contributed by atoms with van der Waals surface area (Å²) in [6.07, 6.45) is 0. The molecule has 0 heterocycles. The molecule has 1 amide bonds. The van der Waals surface area contributed by atoms with Gasteiger partial charge in [-0.25, -0.2) is 0 Å². The number of halogens is 1. The van der Waals surface area contributed by atoms with Crippen LogP contribution in [0.4, 0.5) is 5.69 Å². The number of nitrogens with one attached hydrogen (secondary N) is 1. The molecule has 5 heteroatoms. The van der Waals surface area contributed by atoms with Gasteiger partial charge in [0.2, 0.25) is 0 Å². The Kier molecular flexibility index (Phi) is 4.84. The van der Waals surface area contributed by atoms with Crippen LogP contribution in [0.1, 0.15) is 10.4 Å². The molecular weight excluding hydrogens is 369 g/mol. The minimum Gasteiger partial charge on any atom is -0.493 e. The first-order valence-electron chi connectivity index (χ1n) is 5.93. The maximum atomic E-state index is 12.2. The maximum Gasteiger partial charge on any atom is 0.255 e. The molecule has 0 aliphatic heterocycles. The zero-order chi connectivity index (χ0) is 14.5. The SMILES string of the molecule is COc1cc(C(=O)Nc2ccccc2)cc(I)c1OC. The highest BCUT2D eigenvalue weighted by Gasteiger charge is 2.14. The molecule has 0 saturated carbocycles. The summed E-state index contributed by atoms with van der Waals surface area (Å²) in [6.45, 7) is 0. The van der Waals surface area contributed by atoms with Crippen LogP contribution in [0.15, 0.2) is 42.5 Å². The summed E-state index contributed by atoms with van der Waals surface area (Å²) in [5, 5.41) is 2.84. The normalized spacial score (nSPS) is 9.95. The van der Waals surface area contributed by atoms with Gasteiger partial charge in [-0.15, -0.1) is 0 Å². The van der Waals surface area contributed by atoms with Gasteiger partial charge in [-0.3, -0.25) is 4.79 Å². The number of methoxy groups -OCH3 is 2. The number of anilines is 1. The lowest BCUT2D eigenvalue weighted by molar-refractivity contribution is 0.102. The van der Waals surface area contributed by atoms with E-state index in [1.807, 2.05) is 30.3 Å². The second-order valence-corrected chi connectivity index (χ2v) is 5.18. The average Bonchev–Trinajstić information content (AvgIpc) is 2.47. The van der Waals surface area contributed by atoms with E-state index in [-0.39, 0.29) is 5.91 Å². The third kappa shape index (κ3) is 3.22. The molecule has 2 aromatic carbocycles. The van der Waals surface area contributed by atoms with Gasteiger partial charge in [-0.2, -0.15) is 0 Å². The monoisotopic (exact) mass is 383 g/mol. The van der Waals surface area contributed by atoms with Crippen LogP contribution < -0.4 is 14.8 Å². The molecule has 104 valence electrons. The highest BCUT2D eigenvalue weighted by atomic mass is 127. The highest BCUT2D eigenvalue weighted by molar-refractivity contribution is 14.1. The minimum atomic E-state index is -0.185. The summed E-state index contributed by atoms with van der Waals surface area (Å²) >= 11 is 2.11. The molecule has 2 aromatic rings. The fourth-order valence-corrected chi connectivity index (χ4v) is 2.60. The Balaban J connectivity index is 2.29. The van der Waals surface area contributed by atoms with Crippen LogP contribution >= 0.6 is 22.6 Å².